The quantitative estimate of drug-likeness (QED) is 0.678. The van der Waals surface area contributed by atoms with Gasteiger partial charge in [-0.3, -0.25) is 0 Å². The Morgan fingerprint density at radius 1 is 1.33 bits per heavy atom. The molecule has 0 aromatic carbocycles. The van der Waals surface area contributed by atoms with Crippen molar-refractivity contribution >= 4 is 33.6 Å². The zero-order valence-corrected chi connectivity index (χ0v) is 10.4. The van der Waals surface area contributed by atoms with Crippen LogP contribution in [0.5, 0.6) is 0 Å². The predicted molar refractivity (Wildman–Crippen MR) is 64.0 cm³/mol. The molecule has 15 heavy (non-hydrogen) atoms. The lowest BCUT2D eigenvalue weighted by atomic mass is 9.69. The molecule has 0 amide bonds. The molecule has 2 unspecified atom stereocenters. The minimum Gasteiger partial charge on any atom is -0.237 e. The van der Waals surface area contributed by atoms with Crippen molar-refractivity contribution < 1.29 is 0 Å². The Morgan fingerprint density at radius 3 is 2.93 bits per heavy atom. The number of hydrogen-bond acceptors (Lipinski definition) is 2. The van der Waals surface area contributed by atoms with Crippen LogP contribution >= 0.6 is 27.5 Å². The van der Waals surface area contributed by atoms with Gasteiger partial charge in [0.25, 0.3) is 0 Å². The fraction of sp³-hybridized carbons (Fsp3) is 0.455. The molecule has 78 valence electrons. The largest absolute Gasteiger partial charge is 0.237 e. The monoisotopic (exact) mass is 284 g/mol. The Hall–Kier alpha value is -0.410. The normalized spacial score (nSPS) is 28.3. The summed E-state index contributed by atoms with van der Waals surface area (Å²) in [7, 11) is 0. The van der Waals surface area contributed by atoms with Crippen molar-refractivity contribution in [2.45, 2.75) is 25.2 Å². The second-order valence-electron chi connectivity index (χ2n) is 4.20. The smallest absolute Gasteiger partial charge is 0.136 e. The molecule has 0 aliphatic heterocycles. The molecule has 4 heteroatoms. The fourth-order valence-electron chi connectivity index (χ4n) is 2.50. The maximum atomic E-state index is 6.16. The average molecular weight is 286 g/mol. The van der Waals surface area contributed by atoms with Crippen molar-refractivity contribution in [3.05, 3.63) is 27.2 Å². The van der Waals surface area contributed by atoms with Crippen LogP contribution < -0.4 is 0 Å². The summed E-state index contributed by atoms with van der Waals surface area (Å²) >= 11 is 9.75. The molecule has 2 nitrogen and oxygen atoms in total. The molecule has 0 N–H and O–H groups in total. The summed E-state index contributed by atoms with van der Waals surface area (Å²) < 4.78 is 1.23. The molecule has 1 aromatic heterocycles. The van der Waals surface area contributed by atoms with Crippen LogP contribution in [0.25, 0.3) is 6.08 Å². The van der Waals surface area contributed by atoms with Gasteiger partial charge in [-0.15, -0.1) is 0 Å². The van der Waals surface area contributed by atoms with Crippen molar-refractivity contribution in [2.75, 3.05) is 0 Å². The van der Waals surface area contributed by atoms with Gasteiger partial charge in [-0.25, -0.2) is 9.97 Å². The number of aromatic nitrogens is 2. The zero-order valence-electron chi connectivity index (χ0n) is 8.08. The Morgan fingerprint density at radius 2 is 2.20 bits per heavy atom. The number of rotatable bonds is 0. The predicted octanol–water partition coefficient (Wildman–Crippen LogP) is 3.76. The Labute approximate surface area is 102 Å². The molecule has 3 rings (SSSR count). The highest BCUT2D eigenvalue weighted by Crippen LogP contribution is 2.50. The number of nitrogens with zero attached hydrogens (tertiary/aromatic N) is 2. The van der Waals surface area contributed by atoms with Crippen LogP contribution in [0.15, 0.2) is 10.8 Å². The van der Waals surface area contributed by atoms with Gasteiger partial charge in [-0.2, -0.15) is 0 Å². The highest BCUT2D eigenvalue weighted by Gasteiger charge is 2.37. The lowest BCUT2D eigenvalue weighted by molar-refractivity contribution is 0.257. The minimum absolute atomic E-state index is 0.569. The van der Waals surface area contributed by atoms with Gasteiger partial charge in [0.15, 0.2) is 0 Å². The molecule has 0 spiro atoms. The van der Waals surface area contributed by atoms with Gasteiger partial charge in [0.1, 0.15) is 11.5 Å². The van der Waals surface area contributed by atoms with Crippen LogP contribution in [0.3, 0.4) is 0 Å². The molecular formula is C11H10BrClN2. The minimum atomic E-state index is 0.569. The standard InChI is InChI=1S/C11H10BrClN2/c12-7-3-6-1-2-8(6)10-9(4-7)14-5-15-11(10)13/h4-6,8H,1-3H2. The van der Waals surface area contributed by atoms with E-state index in [1.807, 2.05) is 0 Å². The summed E-state index contributed by atoms with van der Waals surface area (Å²) in [5, 5.41) is 0.633. The van der Waals surface area contributed by atoms with E-state index in [-0.39, 0.29) is 0 Å². The van der Waals surface area contributed by atoms with Crippen LogP contribution in [0.1, 0.15) is 36.4 Å². The Bertz CT molecular complexity index is 444. The summed E-state index contributed by atoms with van der Waals surface area (Å²) in [6, 6.07) is 0. The van der Waals surface area contributed by atoms with Crippen molar-refractivity contribution in [2.24, 2.45) is 5.92 Å². The van der Waals surface area contributed by atoms with Crippen molar-refractivity contribution in [3.63, 3.8) is 0 Å². The maximum absolute atomic E-state index is 6.16. The zero-order chi connectivity index (χ0) is 10.4. The van der Waals surface area contributed by atoms with Crippen molar-refractivity contribution in [1.29, 1.82) is 0 Å². The molecule has 1 fully saturated rings. The topological polar surface area (TPSA) is 25.8 Å². The van der Waals surface area contributed by atoms with Gasteiger partial charge in [0.05, 0.1) is 5.69 Å². The highest BCUT2D eigenvalue weighted by atomic mass is 79.9. The van der Waals surface area contributed by atoms with Crippen molar-refractivity contribution in [1.82, 2.24) is 9.97 Å². The first-order valence-corrected chi connectivity index (χ1v) is 6.29. The van der Waals surface area contributed by atoms with Crippen LogP contribution in [-0.2, 0) is 0 Å². The van der Waals surface area contributed by atoms with Crippen LogP contribution in [-0.4, -0.2) is 9.97 Å². The van der Waals surface area contributed by atoms with Crippen molar-refractivity contribution in [3.8, 4) is 0 Å². The molecule has 1 saturated carbocycles. The van der Waals surface area contributed by atoms with E-state index in [2.05, 4.69) is 32.0 Å². The lowest BCUT2D eigenvalue weighted by Gasteiger charge is -2.36. The van der Waals surface area contributed by atoms with E-state index in [9.17, 15) is 0 Å². The second-order valence-corrected chi connectivity index (χ2v) is 5.58. The van der Waals surface area contributed by atoms with E-state index in [0.717, 1.165) is 23.6 Å². The molecule has 1 heterocycles. The highest BCUT2D eigenvalue weighted by molar-refractivity contribution is 9.11. The third-order valence-electron chi connectivity index (χ3n) is 3.40. The maximum Gasteiger partial charge on any atom is 0.136 e. The first kappa shape index (κ1) is 9.79. The van der Waals surface area contributed by atoms with E-state index >= 15 is 0 Å². The van der Waals surface area contributed by atoms with Crippen LogP contribution in [0.2, 0.25) is 5.15 Å². The molecule has 2 aliphatic carbocycles. The van der Waals surface area contributed by atoms with Gasteiger partial charge >= 0.3 is 0 Å². The summed E-state index contributed by atoms with van der Waals surface area (Å²) in [6.07, 6.45) is 7.24. The molecule has 0 bridgehead atoms. The lowest BCUT2D eigenvalue weighted by Crippen LogP contribution is -2.24. The van der Waals surface area contributed by atoms with Gasteiger partial charge in [0, 0.05) is 5.56 Å². The number of hydrogen-bond donors (Lipinski definition) is 0. The number of fused-ring (bicyclic) bond motifs is 3. The van der Waals surface area contributed by atoms with Crippen LogP contribution in [0, 0.1) is 5.92 Å². The summed E-state index contributed by atoms with van der Waals surface area (Å²) in [5.74, 6) is 1.29. The molecule has 2 aliphatic rings. The van der Waals surface area contributed by atoms with Gasteiger partial charge in [-0.05, 0) is 41.7 Å². The van der Waals surface area contributed by atoms with E-state index in [0.29, 0.717) is 11.1 Å². The van der Waals surface area contributed by atoms with E-state index in [1.54, 1.807) is 0 Å². The molecule has 1 aromatic rings. The molecule has 0 radical (unpaired) electrons. The second kappa shape index (κ2) is 3.56. The number of halogens is 2. The van der Waals surface area contributed by atoms with E-state index in [1.165, 1.54) is 23.7 Å². The SMILES string of the molecule is Clc1ncnc2c1C1CCC1CC(Br)=C2. The third kappa shape index (κ3) is 1.53. The van der Waals surface area contributed by atoms with Gasteiger partial charge < -0.3 is 0 Å². The molecule has 2 atom stereocenters. The van der Waals surface area contributed by atoms with E-state index in [4.69, 9.17) is 11.6 Å². The summed E-state index contributed by atoms with van der Waals surface area (Å²) in [6.45, 7) is 0. The van der Waals surface area contributed by atoms with Gasteiger partial charge in [0.2, 0.25) is 0 Å². The Balaban J connectivity index is 2.18. The third-order valence-corrected chi connectivity index (χ3v) is 4.26. The van der Waals surface area contributed by atoms with Crippen LogP contribution in [0.4, 0.5) is 0 Å². The first-order valence-electron chi connectivity index (χ1n) is 5.12. The van der Waals surface area contributed by atoms with Gasteiger partial charge in [-0.1, -0.05) is 27.5 Å². The summed E-state index contributed by atoms with van der Waals surface area (Å²) in [4.78, 5) is 8.39. The molecular weight excluding hydrogens is 275 g/mol. The summed E-state index contributed by atoms with van der Waals surface area (Å²) in [5.41, 5.74) is 2.15. The number of allylic oxidation sites excluding steroid dienone is 1. The fourth-order valence-corrected chi connectivity index (χ4v) is 3.41. The average Bonchev–Trinajstić information content (AvgIpc) is 2.26. The first-order chi connectivity index (χ1) is 7.25. The Kier molecular flexibility index (Phi) is 2.33. The van der Waals surface area contributed by atoms with E-state index < -0.39 is 0 Å². The molecule has 0 saturated heterocycles.